The second kappa shape index (κ2) is 10.2. The van der Waals surface area contributed by atoms with Gasteiger partial charge < -0.3 is 14.4 Å². The maximum Gasteiger partial charge on any atom is 0.304 e. The van der Waals surface area contributed by atoms with Crippen molar-refractivity contribution in [1.29, 1.82) is 0 Å². The van der Waals surface area contributed by atoms with Crippen molar-refractivity contribution in [3.05, 3.63) is 81.5 Å². The molecule has 0 radical (unpaired) electrons. The molecule has 0 saturated carbocycles. The summed E-state index contributed by atoms with van der Waals surface area (Å²) in [6.07, 6.45) is 0.618. The van der Waals surface area contributed by atoms with Gasteiger partial charge in [0.15, 0.2) is 0 Å². The molecule has 0 aliphatic carbocycles. The fourth-order valence-electron chi connectivity index (χ4n) is 4.85. The Bertz CT molecular complexity index is 1180. The van der Waals surface area contributed by atoms with Crippen LogP contribution in [0.3, 0.4) is 0 Å². The number of carbonyl (C=O) groups excluding carboxylic acids is 1. The van der Waals surface area contributed by atoms with E-state index >= 15 is 0 Å². The molecule has 2 heterocycles. The third-order valence-electron chi connectivity index (χ3n) is 6.28. The summed E-state index contributed by atoms with van der Waals surface area (Å²) in [6, 6.07) is 13.9. The molecule has 4 rings (SSSR count). The standard InChI is InChI=1S/C25H25Cl2N3O4/c1-3-21(24-29-28-14(2)34-24)30-23(15-7-9-18(26)10-8-15)20(16-5-4-6-19(27)11-16)12-17(25(30)33)13-22(31)32/h4-11,17,20-21,23H,3,12-13H2,1-2H3,(H,31,32)/t17?,20-,21-,23-/m1/s1. The molecule has 1 unspecified atom stereocenters. The summed E-state index contributed by atoms with van der Waals surface area (Å²) < 4.78 is 5.74. The highest BCUT2D eigenvalue weighted by molar-refractivity contribution is 6.30. The van der Waals surface area contributed by atoms with Gasteiger partial charge in [0.25, 0.3) is 0 Å². The van der Waals surface area contributed by atoms with Crippen LogP contribution in [0.25, 0.3) is 0 Å². The van der Waals surface area contributed by atoms with E-state index in [-0.39, 0.29) is 18.2 Å². The first-order valence-electron chi connectivity index (χ1n) is 11.1. The maximum atomic E-state index is 13.9. The summed E-state index contributed by atoms with van der Waals surface area (Å²) in [6.45, 7) is 3.63. The Kier molecular flexibility index (Phi) is 7.24. The Labute approximate surface area is 207 Å². The van der Waals surface area contributed by atoms with Crippen molar-refractivity contribution in [2.75, 3.05) is 0 Å². The van der Waals surface area contributed by atoms with Crippen LogP contribution in [0, 0.1) is 12.8 Å². The molecule has 178 valence electrons. The lowest BCUT2D eigenvalue weighted by atomic mass is 9.74. The number of carboxylic acid groups (broad SMARTS) is 1. The molecule has 1 aromatic heterocycles. The van der Waals surface area contributed by atoms with Crippen molar-refractivity contribution < 1.29 is 19.1 Å². The SMILES string of the molecule is CC[C@H](c1nnc(C)o1)N1C(=O)C(CC(=O)O)C[C@H](c2cccc(Cl)c2)[C@H]1c1ccc(Cl)cc1. The van der Waals surface area contributed by atoms with Gasteiger partial charge in [0, 0.05) is 28.8 Å². The summed E-state index contributed by atoms with van der Waals surface area (Å²) in [5.41, 5.74) is 1.81. The number of nitrogens with zero attached hydrogens (tertiary/aromatic N) is 3. The van der Waals surface area contributed by atoms with Crippen LogP contribution in [-0.2, 0) is 9.59 Å². The summed E-state index contributed by atoms with van der Waals surface area (Å²) in [4.78, 5) is 27.3. The van der Waals surface area contributed by atoms with Crippen LogP contribution in [-0.4, -0.2) is 32.1 Å². The normalized spacial score (nSPS) is 21.5. The fourth-order valence-corrected chi connectivity index (χ4v) is 5.18. The Morgan fingerprint density at radius 3 is 2.47 bits per heavy atom. The zero-order chi connectivity index (χ0) is 24.4. The van der Waals surface area contributed by atoms with Crippen molar-refractivity contribution in [1.82, 2.24) is 15.1 Å². The Morgan fingerprint density at radius 1 is 1.15 bits per heavy atom. The number of likely N-dealkylation sites (tertiary alicyclic amines) is 1. The highest BCUT2D eigenvalue weighted by atomic mass is 35.5. The van der Waals surface area contributed by atoms with Crippen molar-refractivity contribution in [2.45, 2.75) is 51.1 Å². The van der Waals surface area contributed by atoms with E-state index in [0.717, 1.165) is 11.1 Å². The molecule has 1 fully saturated rings. The number of aryl methyl sites for hydroxylation is 1. The van der Waals surface area contributed by atoms with E-state index in [4.69, 9.17) is 27.6 Å². The summed E-state index contributed by atoms with van der Waals surface area (Å²) >= 11 is 12.5. The first-order valence-corrected chi connectivity index (χ1v) is 11.9. The molecule has 0 spiro atoms. The van der Waals surface area contributed by atoms with E-state index in [1.54, 1.807) is 30.0 Å². The van der Waals surface area contributed by atoms with Crippen LogP contribution in [0.5, 0.6) is 0 Å². The molecule has 7 nitrogen and oxygen atoms in total. The third kappa shape index (κ3) is 4.95. The van der Waals surface area contributed by atoms with E-state index < -0.39 is 24.0 Å². The van der Waals surface area contributed by atoms with E-state index in [2.05, 4.69) is 10.2 Å². The summed E-state index contributed by atoms with van der Waals surface area (Å²) in [7, 11) is 0. The monoisotopic (exact) mass is 501 g/mol. The number of hydrogen-bond acceptors (Lipinski definition) is 5. The second-order valence-electron chi connectivity index (χ2n) is 8.52. The Morgan fingerprint density at radius 2 is 1.88 bits per heavy atom. The molecule has 1 amide bonds. The highest BCUT2D eigenvalue weighted by Crippen LogP contribution is 2.50. The maximum absolute atomic E-state index is 13.9. The summed E-state index contributed by atoms with van der Waals surface area (Å²) in [5.74, 6) is -1.45. The van der Waals surface area contributed by atoms with Gasteiger partial charge in [0.05, 0.1) is 12.5 Å². The van der Waals surface area contributed by atoms with Crippen molar-refractivity contribution in [3.63, 3.8) is 0 Å². The largest absolute Gasteiger partial charge is 0.481 e. The minimum absolute atomic E-state index is 0.208. The Hall–Kier alpha value is -2.90. The third-order valence-corrected chi connectivity index (χ3v) is 6.77. The number of rotatable bonds is 7. The van der Waals surface area contributed by atoms with Crippen LogP contribution in [0.15, 0.2) is 52.9 Å². The predicted molar refractivity (Wildman–Crippen MR) is 128 cm³/mol. The van der Waals surface area contributed by atoms with Gasteiger partial charge in [0.2, 0.25) is 17.7 Å². The molecule has 1 aliphatic heterocycles. The lowest BCUT2D eigenvalue weighted by Gasteiger charge is -2.47. The van der Waals surface area contributed by atoms with Gasteiger partial charge in [-0.2, -0.15) is 0 Å². The van der Waals surface area contributed by atoms with Gasteiger partial charge in [-0.15, -0.1) is 10.2 Å². The number of benzene rings is 2. The minimum Gasteiger partial charge on any atom is -0.481 e. The van der Waals surface area contributed by atoms with Gasteiger partial charge in [-0.05, 0) is 48.2 Å². The predicted octanol–water partition coefficient (Wildman–Crippen LogP) is 5.98. The average Bonchev–Trinajstić information content (AvgIpc) is 3.23. The molecule has 3 aromatic rings. The van der Waals surface area contributed by atoms with Gasteiger partial charge >= 0.3 is 5.97 Å². The topological polar surface area (TPSA) is 96.5 Å². The molecule has 9 heteroatoms. The van der Waals surface area contributed by atoms with E-state index in [9.17, 15) is 14.7 Å². The molecule has 2 aromatic carbocycles. The minimum atomic E-state index is -1.02. The molecule has 0 bridgehead atoms. The highest BCUT2D eigenvalue weighted by Gasteiger charge is 2.47. The number of carbonyl (C=O) groups is 2. The first-order chi connectivity index (χ1) is 16.3. The van der Waals surface area contributed by atoms with Crippen molar-refractivity contribution in [2.24, 2.45) is 5.92 Å². The fraction of sp³-hybridized carbons (Fsp3) is 0.360. The number of carboxylic acids is 1. The van der Waals surface area contributed by atoms with E-state index in [1.165, 1.54) is 0 Å². The van der Waals surface area contributed by atoms with E-state index in [1.807, 2.05) is 37.3 Å². The number of amides is 1. The van der Waals surface area contributed by atoms with Crippen LogP contribution >= 0.6 is 23.2 Å². The number of piperidine rings is 1. The number of aromatic nitrogens is 2. The van der Waals surface area contributed by atoms with Gasteiger partial charge in [-0.3, -0.25) is 9.59 Å². The molecule has 1 saturated heterocycles. The number of hydrogen-bond donors (Lipinski definition) is 1. The zero-order valence-electron chi connectivity index (χ0n) is 18.8. The average molecular weight is 502 g/mol. The van der Waals surface area contributed by atoms with Crippen molar-refractivity contribution >= 4 is 35.1 Å². The van der Waals surface area contributed by atoms with Crippen LogP contribution in [0.4, 0.5) is 0 Å². The number of aliphatic carboxylic acids is 1. The van der Waals surface area contributed by atoms with Crippen molar-refractivity contribution in [3.8, 4) is 0 Å². The van der Waals surface area contributed by atoms with Crippen LogP contribution < -0.4 is 0 Å². The second-order valence-corrected chi connectivity index (χ2v) is 9.39. The molecule has 34 heavy (non-hydrogen) atoms. The molecular formula is C25H25Cl2N3O4. The smallest absolute Gasteiger partial charge is 0.304 e. The summed E-state index contributed by atoms with van der Waals surface area (Å²) in [5, 5.41) is 18.9. The van der Waals surface area contributed by atoms with Crippen LogP contribution in [0.2, 0.25) is 10.0 Å². The number of halogens is 2. The van der Waals surface area contributed by atoms with E-state index in [0.29, 0.717) is 34.7 Å². The van der Waals surface area contributed by atoms with Gasteiger partial charge in [-0.25, -0.2) is 0 Å². The zero-order valence-corrected chi connectivity index (χ0v) is 20.3. The molecular weight excluding hydrogens is 477 g/mol. The van der Waals surface area contributed by atoms with Gasteiger partial charge in [-0.1, -0.05) is 54.4 Å². The molecule has 1 aliphatic rings. The van der Waals surface area contributed by atoms with Gasteiger partial charge in [0.1, 0.15) is 6.04 Å². The lowest BCUT2D eigenvalue weighted by molar-refractivity contribution is -0.153. The quantitative estimate of drug-likeness (QED) is 0.427. The molecule has 4 atom stereocenters. The molecule has 1 N–H and O–H groups in total. The Balaban J connectivity index is 1.90. The lowest BCUT2D eigenvalue weighted by Crippen LogP contribution is -2.49. The first kappa shape index (κ1) is 24.2. The van der Waals surface area contributed by atoms with Crippen LogP contribution in [0.1, 0.15) is 67.1 Å².